The Bertz CT molecular complexity index is 1060. The van der Waals surface area contributed by atoms with Gasteiger partial charge in [0.05, 0.1) is 11.1 Å². The number of hydrogen-bond donors (Lipinski definition) is 2. The van der Waals surface area contributed by atoms with Gasteiger partial charge in [0.15, 0.2) is 0 Å². The van der Waals surface area contributed by atoms with Crippen LogP contribution in [0.4, 0.5) is 4.39 Å². The third-order valence-corrected chi connectivity index (χ3v) is 8.74. The molecule has 2 N–H and O–H groups in total. The van der Waals surface area contributed by atoms with Gasteiger partial charge in [-0.2, -0.15) is 5.10 Å². The van der Waals surface area contributed by atoms with Crippen LogP contribution in [0, 0.1) is 5.82 Å². The van der Waals surface area contributed by atoms with Gasteiger partial charge in [0.1, 0.15) is 5.82 Å². The van der Waals surface area contributed by atoms with Gasteiger partial charge in [0.25, 0.3) is 5.56 Å². The van der Waals surface area contributed by atoms with Gasteiger partial charge < -0.3 is 9.79 Å². The van der Waals surface area contributed by atoms with Gasteiger partial charge in [0.2, 0.25) is 0 Å². The van der Waals surface area contributed by atoms with Gasteiger partial charge in [-0.1, -0.05) is 31.2 Å². The second-order valence-electron chi connectivity index (χ2n) is 7.31. The Balaban J connectivity index is 1.67. The summed E-state index contributed by atoms with van der Waals surface area (Å²) in [7, 11) is -2.49. The summed E-state index contributed by atoms with van der Waals surface area (Å²) in [6.07, 6.45) is 1.72. The minimum absolute atomic E-state index is 0.220. The summed E-state index contributed by atoms with van der Waals surface area (Å²) in [4.78, 5) is 25.5. The Morgan fingerprint density at radius 3 is 2.61 bits per heavy atom. The zero-order chi connectivity index (χ0) is 19.7. The molecule has 2 heterocycles. The van der Waals surface area contributed by atoms with Crippen molar-refractivity contribution in [2.24, 2.45) is 0 Å². The highest BCUT2D eigenvalue weighted by Crippen LogP contribution is 2.55. The van der Waals surface area contributed by atoms with E-state index in [-0.39, 0.29) is 11.4 Å². The summed E-state index contributed by atoms with van der Waals surface area (Å²) in [6.45, 7) is 4.66. The van der Waals surface area contributed by atoms with Crippen molar-refractivity contribution in [3.05, 3.63) is 69.9 Å². The molecule has 0 aliphatic carbocycles. The lowest BCUT2D eigenvalue weighted by Gasteiger charge is -2.39. The SMILES string of the molecule is CCN1CC[P](O)(c2cc(Cc3n[nH]c(=O)c4ccccc34)ccc2F)CC1. The fourth-order valence-electron chi connectivity index (χ4n) is 3.88. The van der Waals surface area contributed by atoms with E-state index in [0.717, 1.165) is 36.3 Å². The van der Waals surface area contributed by atoms with Crippen molar-refractivity contribution in [1.29, 1.82) is 0 Å². The van der Waals surface area contributed by atoms with Gasteiger partial charge in [-0.15, -0.1) is 0 Å². The van der Waals surface area contributed by atoms with E-state index in [0.29, 0.717) is 29.4 Å². The first-order chi connectivity index (χ1) is 13.5. The molecule has 1 saturated heterocycles. The highest BCUT2D eigenvalue weighted by molar-refractivity contribution is 7.77. The van der Waals surface area contributed by atoms with Crippen LogP contribution >= 0.6 is 7.49 Å². The van der Waals surface area contributed by atoms with Crippen LogP contribution in [0.25, 0.3) is 10.8 Å². The van der Waals surface area contributed by atoms with Crippen LogP contribution in [0.1, 0.15) is 18.2 Å². The molecule has 147 valence electrons. The van der Waals surface area contributed by atoms with E-state index in [4.69, 9.17) is 0 Å². The summed E-state index contributed by atoms with van der Waals surface area (Å²) >= 11 is 0. The Morgan fingerprint density at radius 2 is 1.89 bits per heavy atom. The molecule has 7 heteroatoms. The van der Waals surface area contributed by atoms with Gasteiger partial charge in [-0.3, -0.25) is 4.79 Å². The lowest BCUT2D eigenvalue weighted by atomic mass is 10.0. The van der Waals surface area contributed by atoms with Crippen molar-refractivity contribution < 1.29 is 9.28 Å². The second-order valence-corrected chi connectivity index (χ2v) is 10.5. The molecule has 5 nitrogen and oxygen atoms in total. The maximum absolute atomic E-state index is 14.6. The Kier molecular flexibility index (Phi) is 5.28. The molecule has 4 rings (SSSR count). The lowest BCUT2D eigenvalue weighted by molar-refractivity contribution is 0.308. The topological polar surface area (TPSA) is 69.2 Å². The van der Waals surface area contributed by atoms with Gasteiger partial charge in [-0.05, 0) is 30.3 Å². The van der Waals surface area contributed by atoms with Crippen LogP contribution in [0.15, 0.2) is 47.3 Å². The van der Waals surface area contributed by atoms with Crippen molar-refractivity contribution >= 4 is 23.6 Å². The van der Waals surface area contributed by atoms with Crippen LogP contribution in [-0.4, -0.2) is 51.9 Å². The van der Waals surface area contributed by atoms with Crippen molar-refractivity contribution in [1.82, 2.24) is 15.1 Å². The van der Waals surface area contributed by atoms with Crippen LogP contribution in [0.2, 0.25) is 0 Å². The van der Waals surface area contributed by atoms with Crippen molar-refractivity contribution in [3.63, 3.8) is 0 Å². The molecule has 3 aromatic rings. The summed E-state index contributed by atoms with van der Waals surface area (Å²) in [5.41, 5.74) is 1.40. The largest absolute Gasteiger partial charge is 0.375 e. The average molecular weight is 400 g/mol. The molecule has 0 spiro atoms. The zero-order valence-corrected chi connectivity index (χ0v) is 16.8. The first kappa shape index (κ1) is 19.2. The smallest absolute Gasteiger partial charge is 0.272 e. The minimum Gasteiger partial charge on any atom is -0.375 e. The fourth-order valence-corrected chi connectivity index (χ4v) is 6.69. The molecule has 0 saturated carbocycles. The second kappa shape index (κ2) is 7.70. The molecule has 0 atom stereocenters. The number of nitrogens with zero attached hydrogens (tertiary/aromatic N) is 2. The highest BCUT2D eigenvalue weighted by Gasteiger charge is 2.34. The van der Waals surface area contributed by atoms with Crippen LogP contribution in [0.5, 0.6) is 0 Å². The molecular weight excluding hydrogens is 376 g/mol. The van der Waals surface area contributed by atoms with Crippen molar-refractivity contribution in [3.8, 4) is 0 Å². The molecule has 2 aromatic carbocycles. The number of benzene rings is 2. The standard InChI is InChI=1S/C21H24FN3O2P/c1-2-25-9-11-28(27,12-10-25)20-14-15(7-8-18(20)22)13-19-16-5-3-4-6-17(16)21(26)24-23-19/h3-8,14,27H,2,9-13H2,1H3,(H,24,26). The maximum atomic E-state index is 14.6. The van der Waals surface area contributed by atoms with E-state index in [9.17, 15) is 14.1 Å². The molecule has 1 aliphatic heterocycles. The number of nitrogens with one attached hydrogen (secondary N) is 1. The molecule has 28 heavy (non-hydrogen) atoms. The normalized spacial score (nSPS) is 17.1. The predicted octanol–water partition coefficient (Wildman–Crippen LogP) is 2.54. The Labute approximate surface area is 163 Å². The van der Waals surface area contributed by atoms with Crippen molar-refractivity contribution in [2.45, 2.75) is 13.3 Å². The first-order valence-corrected chi connectivity index (χ1v) is 11.7. The fraction of sp³-hybridized carbons (Fsp3) is 0.333. The third-order valence-electron chi connectivity index (χ3n) is 5.63. The molecule has 1 radical (unpaired) electrons. The predicted molar refractivity (Wildman–Crippen MR) is 112 cm³/mol. The number of hydrogen-bond acceptors (Lipinski definition) is 4. The molecule has 0 bridgehead atoms. The zero-order valence-electron chi connectivity index (χ0n) is 15.9. The molecular formula is C21H24FN3O2P. The average Bonchev–Trinajstić information content (AvgIpc) is 2.72. The van der Waals surface area contributed by atoms with Crippen LogP contribution in [0.3, 0.4) is 0 Å². The highest BCUT2D eigenvalue weighted by atomic mass is 31.2. The third kappa shape index (κ3) is 3.60. The quantitative estimate of drug-likeness (QED) is 0.661. The van der Waals surface area contributed by atoms with E-state index in [1.54, 1.807) is 18.2 Å². The van der Waals surface area contributed by atoms with E-state index in [1.807, 2.05) is 18.2 Å². The van der Waals surface area contributed by atoms with Gasteiger partial charge >= 0.3 is 0 Å². The molecule has 1 aromatic heterocycles. The van der Waals surface area contributed by atoms with Gasteiger partial charge in [-0.25, -0.2) is 9.49 Å². The molecule has 1 aliphatic rings. The summed E-state index contributed by atoms with van der Waals surface area (Å²) in [6, 6.07) is 12.3. The number of aromatic amines is 1. The van der Waals surface area contributed by atoms with Crippen molar-refractivity contribution in [2.75, 3.05) is 32.0 Å². The number of fused-ring (bicyclic) bond motifs is 1. The number of aromatic nitrogens is 2. The van der Waals surface area contributed by atoms with E-state index < -0.39 is 7.49 Å². The van der Waals surface area contributed by atoms with E-state index in [2.05, 4.69) is 22.0 Å². The Hall–Kier alpha value is -2.14. The Morgan fingerprint density at radius 1 is 1.18 bits per heavy atom. The summed E-state index contributed by atoms with van der Waals surface area (Å²) in [5, 5.41) is 8.61. The first-order valence-electron chi connectivity index (χ1n) is 9.57. The maximum Gasteiger partial charge on any atom is 0.272 e. The van der Waals surface area contributed by atoms with Gasteiger partial charge in [0, 0.05) is 50.0 Å². The van der Waals surface area contributed by atoms with Crippen LogP contribution < -0.4 is 10.9 Å². The van der Waals surface area contributed by atoms with E-state index >= 15 is 0 Å². The minimum atomic E-state index is -2.49. The molecule has 0 amide bonds. The number of rotatable bonds is 4. The molecule has 0 unspecified atom stereocenters. The van der Waals surface area contributed by atoms with E-state index in [1.165, 1.54) is 6.07 Å². The summed E-state index contributed by atoms with van der Waals surface area (Å²) in [5.74, 6) is -0.330. The van der Waals surface area contributed by atoms with Crippen LogP contribution in [-0.2, 0) is 6.42 Å². The number of H-pyrrole nitrogens is 1. The lowest BCUT2D eigenvalue weighted by Crippen LogP contribution is -2.39. The monoisotopic (exact) mass is 400 g/mol. The number of halogens is 1. The molecule has 1 fully saturated rings. The summed E-state index contributed by atoms with van der Waals surface area (Å²) < 4.78 is 14.6.